The van der Waals surface area contributed by atoms with Gasteiger partial charge in [0.25, 0.3) is 0 Å². The van der Waals surface area contributed by atoms with Gasteiger partial charge in [-0.15, -0.1) is 11.3 Å². The Morgan fingerprint density at radius 3 is 2.94 bits per heavy atom. The molecule has 0 spiro atoms. The van der Waals surface area contributed by atoms with E-state index in [-0.39, 0.29) is 0 Å². The molecule has 86 valence electrons. The zero-order valence-electron chi connectivity index (χ0n) is 9.01. The normalized spacial score (nSPS) is 13.0. The molecule has 1 N–H and O–H groups in total. The van der Waals surface area contributed by atoms with Crippen LogP contribution in [0.3, 0.4) is 0 Å². The monoisotopic (exact) mass is 301 g/mol. The lowest BCUT2D eigenvalue weighted by molar-refractivity contribution is 0.222. The molecule has 16 heavy (non-hydrogen) atoms. The Morgan fingerprint density at radius 2 is 2.38 bits per heavy atom. The topological polar surface area (TPSA) is 50.9 Å². The van der Waals surface area contributed by atoms with E-state index in [1.165, 1.54) is 11.3 Å². The number of thiazole rings is 1. The van der Waals surface area contributed by atoms with Crippen LogP contribution in [0.4, 0.5) is 0 Å². The Kier molecular flexibility index (Phi) is 3.41. The molecule has 2 aromatic rings. The molecule has 6 heteroatoms. The van der Waals surface area contributed by atoms with Crippen LogP contribution in [-0.4, -0.2) is 19.9 Å². The smallest absolute Gasteiger partial charge is 0.123 e. The molecule has 0 aliphatic carbocycles. The van der Waals surface area contributed by atoms with Crippen LogP contribution in [0.15, 0.2) is 16.3 Å². The number of rotatable bonds is 3. The van der Waals surface area contributed by atoms with E-state index in [1.807, 2.05) is 20.2 Å². The summed E-state index contributed by atoms with van der Waals surface area (Å²) in [7, 11) is 1.86. The second kappa shape index (κ2) is 4.65. The van der Waals surface area contributed by atoms with Crippen molar-refractivity contribution in [1.29, 1.82) is 0 Å². The van der Waals surface area contributed by atoms with E-state index in [1.54, 1.807) is 10.2 Å². The highest BCUT2D eigenvalue weighted by atomic mass is 79.9. The molecule has 2 heterocycles. The van der Waals surface area contributed by atoms with Crippen LogP contribution < -0.4 is 0 Å². The summed E-state index contributed by atoms with van der Waals surface area (Å²) in [5.41, 5.74) is 3.50. The summed E-state index contributed by atoms with van der Waals surface area (Å²) in [5.74, 6) is 0. The maximum Gasteiger partial charge on any atom is 0.123 e. The molecule has 1 atom stereocenters. The Morgan fingerprint density at radius 1 is 1.62 bits per heavy atom. The summed E-state index contributed by atoms with van der Waals surface area (Å²) in [4.78, 5) is 4.90. The first kappa shape index (κ1) is 11.8. The first-order valence-corrected chi connectivity index (χ1v) is 6.60. The molecule has 4 nitrogen and oxygen atoms in total. The quantitative estimate of drug-likeness (QED) is 0.946. The highest BCUT2D eigenvalue weighted by Crippen LogP contribution is 2.32. The third-order valence-electron chi connectivity index (χ3n) is 2.36. The molecule has 0 bridgehead atoms. The Balaban J connectivity index is 2.40. The standard InChI is InChI=1S/C10H12BrN3OS/c1-3-7-6(4-14(2)13-7)8(15)9-10(11)12-5-16-9/h4-5,8,15H,3H2,1-2H3. The molecular weight excluding hydrogens is 290 g/mol. The van der Waals surface area contributed by atoms with Gasteiger partial charge in [0.05, 0.1) is 16.1 Å². The van der Waals surface area contributed by atoms with E-state index < -0.39 is 6.10 Å². The predicted octanol–water partition coefficient (Wildman–Crippen LogP) is 2.28. The van der Waals surface area contributed by atoms with Crippen molar-refractivity contribution >= 4 is 27.3 Å². The summed E-state index contributed by atoms with van der Waals surface area (Å²) in [6, 6.07) is 0. The van der Waals surface area contributed by atoms with Gasteiger partial charge in [0.15, 0.2) is 0 Å². The molecule has 0 saturated carbocycles. The Labute approximate surface area is 106 Å². The van der Waals surface area contributed by atoms with Crippen molar-refractivity contribution < 1.29 is 5.11 Å². The minimum atomic E-state index is -0.648. The summed E-state index contributed by atoms with van der Waals surface area (Å²) in [6.45, 7) is 2.03. The van der Waals surface area contributed by atoms with Gasteiger partial charge in [0, 0.05) is 18.8 Å². The average Bonchev–Trinajstić information content (AvgIpc) is 2.83. The van der Waals surface area contributed by atoms with Crippen molar-refractivity contribution in [3.63, 3.8) is 0 Å². The minimum absolute atomic E-state index is 0.648. The van der Waals surface area contributed by atoms with Crippen molar-refractivity contribution in [3.8, 4) is 0 Å². The second-order valence-electron chi connectivity index (χ2n) is 3.47. The highest BCUT2D eigenvalue weighted by Gasteiger charge is 2.20. The van der Waals surface area contributed by atoms with Gasteiger partial charge in [-0.25, -0.2) is 4.98 Å². The van der Waals surface area contributed by atoms with E-state index in [4.69, 9.17) is 0 Å². The van der Waals surface area contributed by atoms with Crippen LogP contribution in [-0.2, 0) is 13.5 Å². The lowest BCUT2D eigenvalue weighted by Gasteiger charge is -2.07. The molecule has 2 aromatic heterocycles. The summed E-state index contributed by atoms with van der Waals surface area (Å²) in [5, 5.41) is 14.6. The van der Waals surface area contributed by atoms with Gasteiger partial charge >= 0.3 is 0 Å². The van der Waals surface area contributed by atoms with Gasteiger partial charge in [0.2, 0.25) is 0 Å². The largest absolute Gasteiger partial charge is 0.383 e. The van der Waals surface area contributed by atoms with Gasteiger partial charge in [0.1, 0.15) is 10.7 Å². The fourth-order valence-corrected chi connectivity index (χ4v) is 3.03. The van der Waals surface area contributed by atoms with Crippen molar-refractivity contribution in [2.45, 2.75) is 19.4 Å². The van der Waals surface area contributed by atoms with Gasteiger partial charge < -0.3 is 5.11 Å². The van der Waals surface area contributed by atoms with E-state index in [0.29, 0.717) is 4.60 Å². The SMILES string of the molecule is CCc1nn(C)cc1C(O)c1scnc1Br. The Hall–Kier alpha value is -0.720. The van der Waals surface area contributed by atoms with E-state index in [9.17, 15) is 5.11 Å². The van der Waals surface area contributed by atoms with Crippen LogP contribution in [0.2, 0.25) is 0 Å². The van der Waals surface area contributed by atoms with Crippen LogP contribution in [0, 0.1) is 0 Å². The number of nitrogens with zero attached hydrogens (tertiary/aromatic N) is 3. The number of aromatic nitrogens is 3. The van der Waals surface area contributed by atoms with Crippen LogP contribution in [0.5, 0.6) is 0 Å². The molecule has 0 aliphatic heterocycles. The second-order valence-corrected chi connectivity index (χ2v) is 5.11. The van der Waals surface area contributed by atoms with Crippen molar-refractivity contribution in [2.75, 3.05) is 0 Å². The zero-order valence-corrected chi connectivity index (χ0v) is 11.4. The highest BCUT2D eigenvalue weighted by molar-refractivity contribution is 9.10. The maximum atomic E-state index is 10.3. The average molecular weight is 302 g/mol. The molecule has 1 unspecified atom stereocenters. The number of hydrogen-bond donors (Lipinski definition) is 1. The summed E-state index contributed by atoms with van der Waals surface area (Å²) < 4.78 is 2.43. The molecule has 0 aromatic carbocycles. The van der Waals surface area contributed by atoms with E-state index >= 15 is 0 Å². The molecule has 0 aliphatic rings. The van der Waals surface area contributed by atoms with Crippen LogP contribution in [0.1, 0.15) is 29.2 Å². The van der Waals surface area contributed by atoms with Gasteiger partial charge in [-0.1, -0.05) is 6.92 Å². The van der Waals surface area contributed by atoms with Gasteiger partial charge in [-0.3, -0.25) is 4.68 Å². The number of aliphatic hydroxyl groups is 1. The maximum absolute atomic E-state index is 10.3. The third-order valence-corrected chi connectivity index (χ3v) is 4.14. The molecule has 2 rings (SSSR count). The molecule has 0 saturated heterocycles. The number of halogens is 1. The van der Waals surface area contributed by atoms with Crippen molar-refractivity contribution in [2.24, 2.45) is 7.05 Å². The molecule has 0 fully saturated rings. The van der Waals surface area contributed by atoms with Crippen LogP contribution in [0.25, 0.3) is 0 Å². The first-order chi connectivity index (χ1) is 7.63. The number of hydrogen-bond acceptors (Lipinski definition) is 4. The molecule has 0 radical (unpaired) electrons. The van der Waals surface area contributed by atoms with Crippen molar-refractivity contribution in [1.82, 2.24) is 14.8 Å². The van der Waals surface area contributed by atoms with E-state index in [0.717, 1.165) is 22.6 Å². The van der Waals surface area contributed by atoms with Crippen LogP contribution >= 0.6 is 27.3 Å². The Bertz CT molecular complexity index is 494. The first-order valence-electron chi connectivity index (χ1n) is 4.92. The number of aryl methyl sites for hydroxylation is 2. The summed E-state index contributed by atoms with van der Waals surface area (Å²) in [6.07, 6.45) is 2.02. The minimum Gasteiger partial charge on any atom is -0.383 e. The summed E-state index contributed by atoms with van der Waals surface area (Å²) >= 11 is 4.77. The zero-order chi connectivity index (χ0) is 11.7. The lowest BCUT2D eigenvalue weighted by Crippen LogP contribution is -2.00. The van der Waals surface area contributed by atoms with Gasteiger partial charge in [-0.2, -0.15) is 5.10 Å². The molecular formula is C10H12BrN3OS. The van der Waals surface area contributed by atoms with E-state index in [2.05, 4.69) is 26.0 Å². The molecule has 0 amide bonds. The lowest BCUT2D eigenvalue weighted by atomic mass is 10.1. The van der Waals surface area contributed by atoms with Crippen molar-refractivity contribution in [3.05, 3.63) is 32.4 Å². The number of aliphatic hydroxyl groups excluding tert-OH is 1. The fraction of sp³-hybridized carbons (Fsp3) is 0.400. The predicted molar refractivity (Wildman–Crippen MR) is 66.5 cm³/mol. The third kappa shape index (κ3) is 2.05. The fourth-order valence-electron chi connectivity index (χ4n) is 1.62. The van der Waals surface area contributed by atoms with Gasteiger partial charge in [-0.05, 0) is 22.4 Å².